The van der Waals surface area contributed by atoms with Gasteiger partial charge < -0.3 is 9.30 Å². The largest absolute Gasteiger partial charge is 0.497 e. The van der Waals surface area contributed by atoms with Crippen molar-refractivity contribution in [3.63, 3.8) is 0 Å². The first-order valence-electron chi connectivity index (χ1n) is 8.44. The first kappa shape index (κ1) is 18.2. The van der Waals surface area contributed by atoms with E-state index in [0.29, 0.717) is 6.42 Å². The van der Waals surface area contributed by atoms with Crippen molar-refractivity contribution in [2.24, 2.45) is 7.05 Å². The molecule has 134 valence electrons. The molecule has 0 spiro atoms. The summed E-state index contributed by atoms with van der Waals surface area (Å²) >= 11 is 1.62. The molecule has 0 fully saturated rings. The van der Waals surface area contributed by atoms with Crippen LogP contribution in [0.4, 0.5) is 0 Å². The number of thioether (sulfide) groups is 1. The van der Waals surface area contributed by atoms with Crippen LogP contribution in [0.2, 0.25) is 0 Å². The third-order valence-electron chi connectivity index (χ3n) is 4.06. The highest BCUT2D eigenvalue weighted by molar-refractivity contribution is 7.99. The molecular weight excluding hydrogens is 346 g/mol. The molecule has 6 heteroatoms. The molecule has 3 rings (SSSR count). The molecule has 1 aromatic heterocycles. The number of aromatic nitrogens is 3. The highest BCUT2D eigenvalue weighted by atomic mass is 32.2. The van der Waals surface area contributed by atoms with Gasteiger partial charge in [0.05, 0.1) is 7.11 Å². The maximum Gasteiger partial charge on any atom is 0.191 e. The highest BCUT2D eigenvalue weighted by Gasteiger charge is 2.12. The maximum atomic E-state index is 12.1. The van der Waals surface area contributed by atoms with E-state index in [1.54, 1.807) is 18.9 Å². The van der Waals surface area contributed by atoms with Gasteiger partial charge >= 0.3 is 0 Å². The van der Waals surface area contributed by atoms with Crippen molar-refractivity contribution in [2.75, 3.05) is 12.9 Å². The SMILES string of the molecule is COc1ccc(-c2nnc(SCCCC(=O)c3ccccc3)n2C)cc1. The third kappa shape index (κ3) is 4.32. The van der Waals surface area contributed by atoms with Crippen LogP contribution in [0.5, 0.6) is 5.75 Å². The average Bonchev–Trinajstić information content (AvgIpc) is 3.06. The van der Waals surface area contributed by atoms with E-state index in [9.17, 15) is 4.79 Å². The molecule has 0 amide bonds. The molecule has 0 aliphatic carbocycles. The summed E-state index contributed by atoms with van der Waals surface area (Å²) in [4.78, 5) is 12.1. The molecule has 0 atom stereocenters. The Morgan fingerprint density at radius 2 is 1.81 bits per heavy atom. The van der Waals surface area contributed by atoms with Gasteiger partial charge in [-0.05, 0) is 30.7 Å². The topological polar surface area (TPSA) is 57.0 Å². The fourth-order valence-corrected chi connectivity index (χ4v) is 3.45. The second-order valence-corrected chi connectivity index (χ2v) is 6.90. The molecule has 2 aromatic carbocycles. The van der Waals surface area contributed by atoms with E-state index in [1.807, 2.05) is 66.2 Å². The summed E-state index contributed by atoms with van der Waals surface area (Å²) in [6.07, 6.45) is 1.35. The highest BCUT2D eigenvalue weighted by Crippen LogP contribution is 2.25. The molecule has 0 radical (unpaired) electrons. The molecule has 1 heterocycles. The summed E-state index contributed by atoms with van der Waals surface area (Å²) in [5, 5.41) is 9.41. The minimum Gasteiger partial charge on any atom is -0.497 e. The molecule has 0 N–H and O–H groups in total. The first-order valence-corrected chi connectivity index (χ1v) is 9.42. The number of methoxy groups -OCH3 is 1. The fourth-order valence-electron chi connectivity index (χ4n) is 2.60. The lowest BCUT2D eigenvalue weighted by atomic mass is 10.1. The molecule has 5 nitrogen and oxygen atoms in total. The number of benzene rings is 2. The van der Waals surface area contributed by atoms with Gasteiger partial charge in [0, 0.05) is 30.3 Å². The van der Waals surface area contributed by atoms with Crippen LogP contribution in [0.1, 0.15) is 23.2 Å². The van der Waals surface area contributed by atoms with Crippen LogP contribution in [-0.2, 0) is 7.05 Å². The standard InChI is InChI=1S/C20H21N3O2S/c1-23-19(16-10-12-17(25-2)13-11-16)21-22-20(23)26-14-6-9-18(24)15-7-4-3-5-8-15/h3-5,7-8,10-13H,6,9,14H2,1-2H3. The van der Waals surface area contributed by atoms with Crippen molar-refractivity contribution in [1.29, 1.82) is 0 Å². The van der Waals surface area contributed by atoms with E-state index >= 15 is 0 Å². The number of carbonyl (C=O) groups is 1. The fraction of sp³-hybridized carbons (Fsp3) is 0.250. The van der Waals surface area contributed by atoms with Crippen molar-refractivity contribution >= 4 is 17.5 Å². The average molecular weight is 367 g/mol. The van der Waals surface area contributed by atoms with Gasteiger partial charge in [-0.3, -0.25) is 4.79 Å². The molecule has 0 aliphatic rings. The monoisotopic (exact) mass is 367 g/mol. The van der Waals surface area contributed by atoms with Crippen molar-refractivity contribution in [2.45, 2.75) is 18.0 Å². The zero-order valence-electron chi connectivity index (χ0n) is 14.9. The number of rotatable bonds is 8. The van der Waals surface area contributed by atoms with Gasteiger partial charge in [0.15, 0.2) is 16.8 Å². The van der Waals surface area contributed by atoms with Crippen LogP contribution in [0.3, 0.4) is 0 Å². The number of nitrogens with zero attached hydrogens (tertiary/aromatic N) is 3. The maximum absolute atomic E-state index is 12.1. The zero-order chi connectivity index (χ0) is 18.4. The van der Waals surface area contributed by atoms with Crippen LogP contribution in [0, 0.1) is 0 Å². The Balaban J connectivity index is 1.54. The van der Waals surface area contributed by atoms with E-state index in [1.165, 1.54) is 0 Å². The van der Waals surface area contributed by atoms with Gasteiger partial charge in [-0.2, -0.15) is 0 Å². The van der Waals surface area contributed by atoms with Crippen molar-refractivity contribution in [3.05, 3.63) is 60.2 Å². The number of hydrogen-bond acceptors (Lipinski definition) is 5. The van der Waals surface area contributed by atoms with Crippen molar-refractivity contribution in [3.8, 4) is 17.1 Å². The van der Waals surface area contributed by atoms with Gasteiger partial charge in [-0.25, -0.2) is 0 Å². The number of hydrogen-bond donors (Lipinski definition) is 0. The van der Waals surface area contributed by atoms with E-state index in [-0.39, 0.29) is 5.78 Å². The zero-order valence-corrected chi connectivity index (χ0v) is 15.7. The first-order chi connectivity index (χ1) is 12.7. The summed E-state index contributed by atoms with van der Waals surface area (Å²) in [6.45, 7) is 0. The lowest BCUT2D eigenvalue weighted by Crippen LogP contribution is -2.00. The summed E-state index contributed by atoms with van der Waals surface area (Å²) in [6, 6.07) is 17.2. The Kier molecular flexibility index (Phi) is 6.07. The molecule has 0 aliphatic heterocycles. The van der Waals surface area contributed by atoms with E-state index in [2.05, 4.69) is 10.2 Å². The van der Waals surface area contributed by atoms with Gasteiger partial charge in [0.1, 0.15) is 5.75 Å². The number of ketones is 1. The Bertz CT molecular complexity index is 861. The molecule has 26 heavy (non-hydrogen) atoms. The van der Waals surface area contributed by atoms with Gasteiger partial charge in [-0.1, -0.05) is 42.1 Å². The molecule has 3 aromatic rings. The number of carbonyl (C=O) groups excluding carboxylic acids is 1. The predicted octanol–water partition coefficient (Wildman–Crippen LogP) is 4.25. The van der Waals surface area contributed by atoms with E-state index in [0.717, 1.165) is 40.0 Å². The molecular formula is C20H21N3O2S. The van der Waals surface area contributed by atoms with Crippen LogP contribution in [0.25, 0.3) is 11.4 Å². The smallest absolute Gasteiger partial charge is 0.191 e. The summed E-state index contributed by atoms with van der Waals surface area (Å²) in [5.74, 6) is 2.64. The van der Waals surface area contributed by atoms with Gasteiger partial charge in [0.2, 0.25) is 0 Å². The van der Waals surface area contributed by atoms with Gasteiger partial charge in [-0.15, -0.1) is 10.2 Å². The minimum absolute atomic E-state index is 0.183. The van der Waals surface area contributed by atoms with Crippen LogP contribution < -0.4 is 4.74 Å². The van der Waals surface area contributed by atoms with Crippen LogP contribution >= 0.6 is 11.8 Å². The van der Waals surface area contributed by atoms with E-state index in [4.69, 9.17) is 4.74 Å². The third-order valence-corrected chi connectivity index (χ3v) is 5.16. The van der Waals surface area contributed by atoms with Crippen molar-refractivity contribution in [1.82, 2.24) is 14.8 Å². The summed E-state index contributed by atoms with van der Waals surface area (Å²) in [5.41, 5.74) is 1.77. The van der Waals surface area contributed by atoms with Crippen molar-refractivity contribution < 1.29 is 9.53 Å². The Morgan fingerprint density at radius 1 is 1.08 bits per heavy atom. The van der Waals surface area contributed by atoms with Crippen LogP contribution in [-0.4, -0.2) is 33.4 Å². The lowest BCUT2D eigenvalue weighted by Gasteiger charge is -2.05. The quantitative estimate of drug-likeness (QED) is 0.338. The Hall–Kier alpha value is -2.60. The summed E-state index contributed by atoms with van der Waals surface area (Å²) in [7, 11) is 3.60. The second kappa shape index (κ2) is 8.67. The second-order valence-electron chi connectivity index (χ2n) is 5.83. The van der Waals surface area contributed by atoms with Gasteiger partial charge in [0.25, 0.3) is 0 Å². The summed E-state index contributed by atoms with van der Waals surface area (Å²) < 4.78 is 7.16. The molecule has 0 unspecified atom stereocenters. The molecule has 0 saturated heterocycles. The van der Waals surface area contributed by atoms with E-state index < -0.39 is 0 Å². The van der Waals surface area contributed by atoms with Crippen LogP contribution in [0.15, 0.2) is 59.8 Å². The number of Topliss-reactive ketones (excluding diaryl/α,β-unsaturated/α-hetero) is 1. The lowest BCUT2D eigenvalue weighted by molar-refractivity contribution is 0.0982. The molecule has 0 saturated carbocycles. The predicted molar refractivity (Wildman–Crippen MR) is 104 cm³/mol. The Labute approximate surface area is 157 Å². The number of ether oxygens (including phenoxy) is 1. The Morgan fingerprint density at radius 3 is 2.50 bits per heavy atom. The minimum atomic E-state index is 0.183. The molecule has 0 bridgehead atoms. The normalized spacial score (nSPS) is 10.7.